The van der Waals surface area contributed by atoms with Crippen molar-refractivity contribution in [2.75, 3.05) is 0 Å². The third kappa shape index (κ3) is 3.76. The zero-order valence-corrected chi connectivity index (χ0v) is 25.8. The van der Waals surface area contributed by atoms with Gasteiger partial charge in [-0.15, -0.1) is 0 Å². The van der Waals surface area contributed by atoms with E-state index in [0.717, 1.165) is 0 Å². The lowest BCUT2D eigenvalue weighted by atomic mass is 9.56. The molecule has 8 aromatic rings. The van der Waals surface area contributed by atoms with Crippen LogP contribution in [0.2, 0.25) is 0 Å². The maximum Gasteiger partial charge on any atom is 0.0726 e. The van der Waals surface area contributed by atoms with Crippen LogP contribution in [0.25, 0.3) is 66.4 Å². The molecular weight excluding hydrogens is 565 g/mol. The number of rotatable bonds is 4. The fourth-order valence-corrected chi connectivity index (χ4v) is 8.31. The molecule has 8 aromatic carbocycles. The summed E-state index contributed by atoms with van der Waals surface area (Å²) < 4.78 is 0. The molecule has 0 aromatic heterocycles. The minimum absolute atomic E-state index is 0.386. The van der Waals surface area contributed by atoms with Gasteiger partial charge in [-0.05, 0) is 125 Å². The highest BCUT2D eigenvalue weighted by Crippen LogP contribution is 2.65. The van der Waals surface area contributed by atoms with Crippen molar-refractivity contribution in [3.05, 3.63) is 204 Å². The van der Waals surface area contributed by atoms with Gasteiger partial charge < -0.3 is 0 Å². The van der Waals surface area contributed by atoms with Gasteiger partial charge >= 0.3 is 0 Å². The molecule has 0 amide bonds. The highest BCUT2D eigenvalue weighted by atomic mass is 14.5. The standard InChI is InChI=1S/C47H30/c1-5-13-31(14-6-1)35-21-23-40-41-24-22-36(32-15-7-2-8-16-32)28-43(41)47(42(40)27-35)44-29-37(33-17-9-3-10-18-33)25-39-26-38(30-45(47)46(39)44)34-19-11-4-12-20-34/h1-30H. The molecule has 218 valence electrons. The Bertz CT molecular complexity index is 2300. The molecule has 0 bridgehead atoms. The summed E-state index contributed by atoms with van der Waals surface area (Å²) in [5.74, 6) is 0. The van der Waals surface area contributed by atoms with Crippen LogP contribution in [0.1, 0.15) is 22.3 Å². The monoisotopic (exact) mass is 594 g/mol. The van der Waals surface area contributed by atoms with Crippen molar-refractivity contribution in [3.8, 4) is 55.6 Å². The molecule has 10 rings (SSSR count). The highest BCUT2D eigenvalue weighted by Gasteiger charge is 2.53. The molecule has 0 heteroatoms. The summed E-state index contributed by atoms with van der Waals surface area (Å²) in [5.41, 5.74) is 17.8. The molecule has 47 heavy (non-hydrogen) atoms. The Hall–Kier alpha value is -5.98. The van der Waals surface area contributed by atoms with Gasteiger partial charge in [-0.3, -0.25) is 0 Å². The van der Waals surface area contributed by atoms with Crippen LogP contribution < -0.4 is 0 Å². The largest absolute Gasteiger partial charge is 0.0726 e. The Morgan fingerprint density at radius 3 is 0.979 bits per heavy atom. The Labute approximate surface area is 275 Å². The second-order valence-electron chi connectivity index (χ2n) is 12.9. The smallest absolute Gasteiger partial charge is 0.0622 e. The maximum absolute atomic E-state index is 2.48. The quantitative estimate of drug-likeness (QED) is 0.190. The summed E-state index contributed by atoms with van der Waals surface area (Å²) in [6.45, 7) is 0. The van der Waals surface area contributed by atoms with Crippen molar-refractivity contribution in [2.45, 2.75) is 5.41 Å². The fourth-order valence-electron chi connectivity index (χ4n) is 8.31. The van der Waals surface area contributed by atoms with Gasteiger partial charge in [0, 0.05) is 0 Å². The molecule has 0 saturated heterocycles. The van der Waals surface area contributed by atoms with E-state index in [1.807, 2.05) is 0 Å². The van der Waals surface area contributed by atoms with Crippen molar-refractivity contribution >= 4 is 10.8 Å². The minimum Gasteiger partial charge on any atom is -0.0622 e. The first-order chi connectivity index (χ1) is 23.3. The molecule has 1 spiro atoms. The van der Waals surface area contributed by atoms with Gasteiger partial charge in [0.2, 0.25) is 0 Å². The van der Waals surface area contributed by atoms with Crippen molar-refractivity contribution in [1.82, 2.24) is 0 Å². The Morgan fingerprint density at radius 2 is 0.596 bits per heavy atom. The van der Waals surface area contributed by atoms with E-state index in [1.54, 1.807) is 0 Å². The topological polar surface area (TPSA) is 0 Å². The summed E-state index contributed by atoms with van der Waals surface area (Å²) in [6.07, 6.45) is 0. The van der Waals surface area contributed by atoms with E-state index in [0.29, 0.717) is 0 Å². The number of hydrogen-bond donors (Lipinski definition) is 0. The summed E-state index contributed by atoms with van der Waals surface area (Å²) in [5, 5.41) is 2.69. The second-order valence-corrected chi connectivity index (χ2v) is 12.9. The van der Waals surface area contributed by atoms with Crippen molar-refractivity contribution < 1.29 is 0 Å². The Kier molecular flexibility index (Phi) is 5.59. The van der Waals surface area contributed by atoms with Gasteiger partial charge in [-0.1, -0.05) is 146 Å². The lowest BCUT2D eigenvalue weighted by molar-refractivity contribution is 0.746. The van der Waals surface area contributed by atoms with Crippen LogP contribution in [0.4, 0.5) is 0 Å². The van der Waals surface area contributed by atoms with Gasteiger partial charge in [0.15, 0.2) is 0 Å². The van der Waals surface area contributed by atoms with Crippen LogP contribution in [0, 0.1) is 0 Å². The molecule has 0 atom stereocenters. The number of fused-ring (bicyclic) bond motifs is 7. The van der Waals surface area contributed by atoms with Crippen molar-refractivity contribution in [3.63, 3.8) is 0 Å². The molecule has 0 radical (unpaired) electrons. The van der Waals surface area contributed by atoms with E-state index in [9.17, 15) is 0 Å². The maximum atomic E-state index is 2.48. The average molecular weight is 595 g/mol. The molecule has 2 aliphatic carbocycles. The molecule has 0 nitrogen and oxygen atoms in total. The Balaban J connectivity index is 1.32. The van der Waals surface area contributed by atoms with Gasteiger partial charge in [0.1, 0.15) is 0 Å². The average Bonchev–Trinajstić information content (AvgIpc) is 3.46. The number of hydrogen-bond acceptors (Lipinski definition) is 0. The first kappa shape index (κ1) is 26.3. The highest BCUT2D eigenvalue weighted by molar-refractivity contribution is 6.09. The third-order valence-electron chi connectivity index (χ3n) is 10.4. The van der Waals surface area contributed by atoms with Crippen LogP contribution >= 0.6 is 0 Å². The van der Waals surface area contributed by atoms with Gasteiger partial charge in [0.05, 0.1) is 5.41 Å². The van der Waals surface area contributed by atoms with E-state index < -0.39 is 0 Å². The van der Waals surface area contributed by atoms with Gasteiger partial charge in [-0.25, -0.2) is 0 Å². The van der Waals surface area contributed by atoms with Gasteiger partial charge in [0.25, 0.3) is 0 Å². The summed E-state index contributed by atoms with van der Waals surface area (Å²) in [6, 6.07) is 67.4. The zero-order valence-electron chi connectivity index (χ0n) is 25.8. The predicted octanol–water partition coefficient (Wildman–Crippen LogP) is 12.2. The molecule has 2 aliphatic rings. The normalized spacial score (nSPS) is 13.3. The SMILES string of the molecule is c1ccc(-c2ccc3c(c2)C2(c4cc(-c5ccccc5)ccc4-3)c3cc(-c4ccccc4)cc4cc(-c5ccccc5)cc2c34)cc1. The third-order valence-corrected chi connectivity index (χ3v) is 10.4. The van der Waals surface area contributed by atoms with Crippen LogP contribution in [-0.2, 0) is 5.41 Å². The second kappa shape index (κ2) is 10.0. The molecule has 0 aliphatic heterocycles. The molecule has 0 unspecified atom stereocenters. The van der Waals surface area contributed by atoms with Crippen LogP contribution in [0.5, 0.6) is 0 Å². The van der Waals surface area contributed by atoms with E-state index in [-0.39, 0.29) is 5.41 Å². The molecule has 0 heterocycles. The number of benzene rings is 8. The van der Waals surface area contributed by atoms with Crippen LogP contribution in [0.3, 0.4) is 0 Å². The first-order valence-corrected chi connectivity index (χ1v) is 16.4. The van der Waals surface area contributed by atoms with Gasteiger partial charge in [-0.2, -0.15) is 0 Å². The predicted molar refractivity (Wildman–Crippen MR) is 197 cm³/mol. The van der Waals surface area contributed by atoms with Crippen molar-refractivity contribution in [1.29, 1.82) is 0 Å². The van der Waals surface area contributed by atoms with Crippen LogP contribution in [-0.4, -0.2) is 0 Å². The van der Waals surface area contributed by atoms with E-state index in [4.69, 9.17) is 0 Å². The molecule has 0 fully saturated rings. The zero-order chi connectivity index (χ0) is 31.0. The summed E-state index contributed by atoms with van der Waals surface area (Å²) in [7, 11) is 0. The first-order valence-electron chi connectivity index (χ1n) is 16.4. The lowest BCUT2D eigenvalue weighted by Gasteiger charge is -2.44. The van der Waals surface area contributed by atoms with E-state index in [2.05, 4.69) is 182 Å². The minimum atomic E-state index is -0.386. The lowest BCUT2D eigenvalue weighted by Crippen LogP contribution is -2.36. The molecule has 0 N–H and O–H groups in total. The Morgan fingerprint density at radius 1 is 0.255 bits per heavy atom. The van der Waals surface area contributed by atoms with Crippen molar-refractivity contribution in [2.24, 2.45) is 0 Å². The van der Waals surface area contributed by atoms with E-state index >= 15 is 0 Å². The fraction of sp³-hybridized carbons (Fsp3) is 0.0213. The van der Waals surface area contributed by atoms with Crippen LogP contribution in [0.15, 0.2) is 182 Å². The van der Waals surface area contributed by atoms with E-state index in [1.165, 1.54) is 88.7 Å². The molecular formula is C47H30. The molecule has 0 saturated carbocycles. The summed E-state index contributed by atoms with van der Waals surface area (Å²) >= 11 is 0. The summed E-state index contributed by atoms with van der Waals surface area (Å²) in [4.78, 5) is 0.